The van der Waals surface area contributed by atoms with Crippen LogP contribution in [0.1, 0.15) is 29.8 Å². The molecule has 0 atom stereocenters. The summed E-state index contributed by atoms with van der Waals surface area (Å²) >= 11 is 0. The van der Waals surface area contributed by atoms with Crippen molar-refractivity contribution in [1.29, 1.82) is 0 Å². The molecule has 0 bridgehead atoms. The van der Waals surface area contributed by atoms with Crippen LogP contribution in [0.25, 0.3) is 16.6 Å². The van der Waals surface area contributed by atoms with E-state index in [0.29, 0.717) is 0 Å². The number of hydrogen-bond donors (Lipinski definition) is 2. The topological polar surface area (TPSA) is 130 Å². The summed E-state index contributed by atoms with van der Waals surface area (Å²) in [4.78, 5) is 31.8. The number of aromatic nitrogens is 4. The lowest BCUT2D eigenvalue weighted by atomic mass is 10.1. The molecule has 0 saturated heterocycles. The summed E-state index contributed by atoms with van der Waals surface area (Å²) in [5, 5.41) is 6.41. The van der Waals surface area contributed by atoms with Gasteiger partial charge in [0, 0.05) is 30.1 Å². The molecule has 194 valence electrons. The molecule has 0 aliphatic heterocycles. The second kappa shape index (κ2) is 9.78. The third-order valence-corrected chi connectivity index (χ3v) is 7.69. The van der Waals surface area contributed by atoms with Crippen molar-refractivity contribution in [3.63, 3.8) is 0 Å². The number of carbonyl (C=O) groups is 1. The van der Waals surface area contributed by atoms with Crippen LogP contribution >= 0.6 is 0 Å². The van der Waals surface area contributed by atoms with Gasteiger partial charge in [0.1, 0.15) is 12.7 Å². The summed E-state index contributed by atoms with van der Waals surface area (Å²) in [5.74, 6) is -0.922. The molecule has 0 unspecified atom stereocenters. The summed E-state index contributed by atoms with van der Waals surface area (Å²) in [6, 6.07) is 7.56. The van der Waals surface area contributed by atoms with Gasteiger partial charge in [-0.25, -0.2) is 18.1 Å². The van der Waals surface area contributed by atoms with E-state index in [4.69, 9.17) is 0 Å². The first-order chi connectivity index (χ1) is 17.5. The molecule has 0 radical (unpaired) electrons. The van der Waals surface area contributed by atoms with E-state index < -0.39 is 33.2 Å². The van der Waals surface area contributed by atoms with Crippen LogP contribution in [0.4, 0.5) is 18.9 Å². The van der Waals surface area contributed by atoms with Gasteiger partial charge in [-0.05, 0) is 36.4 Å². The van der Waals surface area contributed by atoms with Crippen LogP contribution in [-0.4, -0.2) is 51.5 Å². The number of sulfonamides is 1. The van der Waals surface area contributed by atoms with Gasteiger partial charge >= 0.3 is 6.18 Å². The zero-order valence-electron chi connectivity index (χ0n) is 19.6. The molecular formula is C23H21F3N6O4S. The molecule has 2 aromatic carbocycles. The fraction of sp³-hybridized carbons (Fsp3) is 0.217. The van der Waals surface area contributed by atoms with Gasteiger partial charge in [0.25, 0.3) is 5.91 Å². The summed E-state index contributed by atoms with van der Waals surface area (Å²) in [5.41, 5.74) is -1.87. The van der Waals surface area contributed by atoms with Gasteiger partial charge in [-0.2, -0.15) is 22.6 Å². The Kier molecular flexibility index (Phi) is 6.88. The van der Waals surface area contributed by atoms with Crippen LogP contribution in [0, 0.1) is 0 Å². The van der Waals surface area contributed by atoms with E-state index in [0.717, 1.165) is 24.3 Å². The highest BCUT2D eigenvalue weighted by molar-refractivity contribution is 7.89. The van der Waals surface area contributed by atoms with Crippen LogP contribution in [0.5, 0.6) is 0 Å². The summed E-state index contributed by atoms with van der Waals surface area (Å²) < 4.78 is 68.6. The number of amides is 1. The summed E-state index contributed by atoms with van der Waals surface area (Å²) in [7, 11) is -3.90. The maximum Gasteiger partial charge on any atom is 0.416 e. The van der Waals surface area contributed by atoms with Crippen molar-refractivity contribution in [3.8, 4) is 5.69 Å². The number of aromatic amines is 1. The molecule has 0 spiro atoms. The predicted octanol–water partition coefficient (Wildman–Crippen LogP) is 3.41. The number of nitrogens with one attached hydrogen (secondary N) is 2. The van der Waals surface area contributed by atoms with Crippen LogP contribution in [0.15, 0.2) is 64.8 Å². The van der Waals surface area contributed by atoms with Crippen molar-refractivity contribution < 1.29 is 26.4 Å². The van der Waals surface area contributed by atoms with Gasteiger partial charge < -0.3 is 10.3 Å². The Balaban J connectivity index is 1.84. The van der Waals surface area contributed by atoms with E-state index in [1.54, 1.807) is 13.8 Å². The molecule has 14 heteroatoms. The second-order valence-electron chi connectivity index (χ2n) is 7.87. The van der Waals surface area contributed by atoms with E-state index in [9.17, 15) is 31.2 Å². The quantitative estimate of drug-likeness (QED) is 0.374. The number of alkyl halides is 3. The highest BCUT2D eigenvalue weighted by Gasteiger charge is 2.32. The zero-order valence-corrected chi connectivity index (χ0v) is 20.4. The minimum Gasteiger partial charge on any atom is -0.322 e. The Hall–Kier alpha value is -4.04. The Morgan fingerprint density at radius 3 is 2.46 bits per heavy atom. The molecule has 10 nitrogen and oxygen atoms in total. The third kappa shape index (κ3) is 5.11. The molecule has 4 aromatic rings. The zero-order chi connectivity index (χ0) is 27.0. The Bertz CT molecular complexity index is 1630. The Morgan fingerprint density at radius 2 is 1.84 bits per heavy atom. The number of pyridine rings is 1. The highest BCUT2D eigenvalue weighted by atomic mass is 32.2. The standard InChI is InChI=1S/C23H21F3N6O4S/c1-3-31(4-2)37(35,36)15-6-7-18-16(10-15)17(11-21(33)29-18)22(34)30-19-9-14(23(24,25)26)5-8-20(19)32-13-27-12-28-32/h5-13H,3-4H2,1-2H3,(H,29,33)(H,30,34). The monoisotopic (exact) mass is 534 g/mol. The number of hydrogen-bond acceptors (Lipinski definition) is 6. The minimum atomic E-state index is -4.69. The number of rotatable bonds is 7. The lowest BCUT2D eigenvalue weighted by molar-refractivity contribution is -0.137. The minimum absolute atomic E-state index is 0.0952. The van der Waals surface area contributed by atoms with Crippen LogP contribution in [-0.2, 0) is 16.2 Å². The first kappa shape index (κ1) is 26.0. The first-order valence-corrected chi connectivity index (χ1v) is 12.4. The van der Waals surface area contributed by atoms with Gasteiger partial charge in [0.15, 0.2) is 0 Å². The highest BCUT2D eigenvalue weighted by Crippen LogP contribution is 2.33. The van der Waals surface area contributed by atoms with Gasteiger partial charge in [-0.1, -0.05) is 13.8 Å². The number of fused-ring (bicyclic) bond motifs is 1. The summed E-state index contributed by atoms with van der Waals surface area (Å²) in [6.07, 6.45) is -2.28. The van der Waals surface area contributed by atoms with E-state index in [1.165, 1.54) is 39.8 Å². The largest absolute Gasteiger partial charge is 0.416 e. The van der Waals surface area contributed by atoms with Crippen LogP contribution in [0.3, 0.4) is 0 Å². The van der Waals surface area contributed by atoms with Crippen LogP contribution < -0.4 is 10.9 Å². The van der Waals surface area contributed by atoms with E-state index in [-0.39, 0.29) is 45.8 Å². The molecule has 0 aliphatic rings. The maximum atomic E-state index is 13.4. The molecule has 2 N–H and O–H groups in total. The smallest absolute Gasteiger partial charge is 0.322 e. The fourth-order valence-electron chi connectivity index (χ4n) is 3.83. The molecule has 2 aromatic heterocycles. The van der Waals surface area contributed by atoms with Gasteiger partial charge in [-0.3, -0.25) is 9.59 Å². The molecule has 1 amide bonds. The Labute approximate surface area is 208 Å². The number of nitrogens with zero attached hydrogens (tertiary/aromatic N) is 4. The maximum absolute atomic E-state index is 13.4. The molecule has 0 fully saturated rings. The predicted molar refractivity (Wildman–Crippen MR) is 129 cm³/mol. The molecule has 0 aliphatic carbocycles. The normalized spacial score (nSPS) is 12.3. The van der Waals surface area contributed by atoms with Crippen molar-refractivity contribution in [3.05, 3.63) is 76.6 Å². The van der Waals surface area contributed by atoms with E-state index in [1.807, 2.05) is 0 Å². The van der Waals surface area contributed by atoms with E-state index in [2.05, 4.69) is 20.4 Å². The van der Waals surface area contributed by atoms with Crippen molar-refractivity contribution in [2.45, 2.75) is 24.9 Å². The first-order valence-electron chi connectivity index (χ1n) is 11.0. The van der Waals surface area contributed by atoms with Crippen molar-refractivity contribution in [2.75, 3.05) is 18.4 Å². The number of anilines is 1. The molecule has 2 heterocycles. The van der Waals surface area contributed by atoms with Crippen LogP contribution in [0.2, 0.25) is 0 Å². The van der Waals surface area contributed by atoms with Gasteiger partial charge in [0.2, 0.25) is 15.6 Å². The molecular weight excluding hydrogens is 513 g/mol. The lowest BCUT2D eigenvalue weighted by Crippen LogP contribution is -2.30. The average molecular weight is 535 g/mol. The van der Waals surface area contributed by atoms with Crippen molar-refractivity contribution in [1.82, 2.24) is 24.1 Å². The number of carbonyl (C=O) groups excluding carboxylic acids is 1. The second-order valence-corrected chi connectivity index (χ2v) is 9.81. The molecule has 37 heavy (non-hydrogen) atoms. The average Bonchev–Trinajstić information content (AvgIpc) is 3.38. The van der Waals surface area contributed by atoms with Crippen molar-refractivity contribution in [2.24, 2.45) is 0 Å². The number of H-pyrrole nitrogens is 1. The molecule has 4 rings (SSSR count). The Morgan fingerprint density at radius 1 is 1.11 bits per heavy atom. The molecule has 0 saturated carbocycles. The lowest BCUT2D eigenvalue weighted by Gasteiger charge is -2.19. The fourth-order valence-corrected chi connectivity index (χ4v) is 5.31. The SMILES string of the molecule is CCN(CC)S(=O)(=O)c1ccc2[nH]c(=O)cc(C(=O)Nc3cc(C(F)(F)F)ccc3-n3cncn3)c2c1. The number of benzene rings is 2. The van der Waals surface area contributed by atoms with E-state index >= 15 is 0 Å². The summed E-state index contributed by atoms with van der Waals surface area (Å²) in [6.45, 7) is 3.80. The van der Waals surface area contributed by atoms with Gasteiger partial charge in [-0.15, -0.1) is 0 Å². The van der Waals surface area contributed by atoms with Gasteiger partial charge in [0.05, 0.1) is 27.4 Å². The number of halogens is 3. The third-order valence-electron chi connectivity index (χ3n) is 5.64. The van der Waals surface area contributed by atoms with Crippen molar-refractivity contribution >= 4 is 32.5 Å².